The third-order valence-electron chi connectivity index (χ3n) is 2.83. The molecule has 0 bridgehead atoms. The average Bonchev–Trinajstić information content (AvgIpc) is 2.82. The normalized spacial score (nSPS) is 11.3. The van der Waals surface area contributed by atoms with E-state index < -0.39 is 0 Å². The third-order valence-corrected chi connectivity index (χ3v) is 3.00. The molecule has 1 aromatic carbocycles. The predicted molar refractivity (Wildman–Crippen MR) is 80.4 cm³/mol. The summed E-state index contributed by atoms with van der Waals surface area (Å²) in [6.45, 7) is 0. The molecular weight excluding hydrogens is 274 g/mol. The van der Waals surface area contributed by atoms with E-state index in [0.717, 1.165) is 5.56 Å². The molecular formula is C14H12ClN5. The second-order valence-corrected chi connectivity index (χ2v) is 4.60. The molecule has 0 atom stereocenters. The molecule has 0 spiro atoms. The van der Waals surface area contributed by atoms with Crippen LogP contribution in [0.1, 0.15) is 5.56 Å². The highest BCUT2D eigenvalue weighted by atomic mass is 35.5. The summed E-state index contributed by atoms with van der Waals surface area (Å²) in [4.78, 5) is 12.6. The highest BCUT2D eigenvalue weighted by Crippen LogP contribution is 2.20. The van der Waals surface area contributed by atoms with Crippen molar-refractivity contribution in [1.29, 1.82) is 0 Å². The van der Waals surface area contributed by atoms with Crippen molar-refractivity contribution >= 4 is 34.7 Å². The van der Waals surface area contributed by atoms with E-state index in [-0.39, 0.29) is 5.28 Å². The van der Waals surface area contributed by atoms with Gasteiger partial charge in [-0.1, -0.05) is 30.3 Å². The van der Waals surface area contributed by atoms with Crippen LogP contribution in [0.25, 0.3) is 17.2 Å². The van der Waals surface area contributed by atoms with E-state index in [2.05, 4.69) is 20.3 Å². The van der Waals surface area contributed by atoms with Crippen LogP contribution in [-0.2, 0) is 7.05 Å². The molecule has 0 amide bonds. The Morgan fingerprint density at radius 1 is 1.20 bits per heavy atom. The summed E-state index contributed by atoms with van der Waals surface area (Å²) >= 11 is 5.92. The Balaban J connectivity index is 1.89. The van der Waals surface area contributed by atoms with Crippen LogP contribution >= 0.6 is 11.6 Å². The molecule has 3 aromatic rings. The van der Waals surface area contributed by atoms with Gasteiger partial charge < -0.3 is 9.88 Å². The van der Waals surface area contributed by atoms with Crippen LogP contribution in [0.15, 0.2) is 42.9 Å². The highest BCUT2D eigenvalue weighted by Gasteiger charge is 2.09. The van der Waals surface area contributed by atoms with Crippen molar-refractivity contribution in [1.82, 2.24) is 19.5 Å². The third kappa shape index (κ3) is 2.48. The molecule has 0 fully saturated rings. The smallest absolute Gasteiger partial charge is 0.226 e. The zero-order valence-electron chi connectivity index (χ0n) is 10.8. The number of hydrogen-bond acceptors (Lipinski definition) is 4. The van der Waals surface area contributed by atoms with E-state index in [4.69, 9.17) is 11.6 Å². The lowest BCUT2D eigenvalue weighted by atomic mass is 10.2. The summed E-state index contributed by atoms with van der Waals surface area (Å²) in [6.07, 6.45) is 5.44. The van der Waals surface area contributed by atoms with E-state index >= 15 is 0 Å². The standard InChI is InChI=1S/C14H12ClN5/c1-20-9-17-11-12(18-14(15)19-13(11)20)16-8-7-10-5-3-2-4-6-10/h2-9H,1H3,(H,16,18,19). The summed E-state index contributed by atoms with van der Waals surface area (Å²) < 4.78 is 1.80. The number of nitrogens with one attached hydrogen (secondary N) is 1. The van der Waals surface area contributed by atoms with Gasteiger partial charge in [-0.2, -0.15) is 9.97 Å². The molecule has 3 rings (SSSR count). The fourth-order valence-electron chi connectivity index (χ4n) is 1.86. The lowest BCUT2D eigenvalue weighted by Gasteiger charge is -2.02. The average molecular weight is 286 g/mol. The molecule has 1 N–H and O–H groups in total. The van der Waals surface area contributed by atoms with Gasteiger partial charge in [0.2, 0.25) is 5.28 Å². The molecule has 6 heteroatoms. The Kier molecular flexibility index (Phi) is 3.35. The van der Waals surface area contributed by atoms with Crippen LogP contribution in [0.2, 0.25) is 5.28 Å². The first kappa shape index (κ1) is 12.6. The Bertz CT molecular complexity index is 764. The van der Waals surface area contributed by atoms with Crippen molar-refractivity contribution < 1.29 is 0 Å². The highest BCUT2D eigenvalue weighted by molar-refractivity contribution is 6.28. The first-order chi connectivity index (χ1) is 9.74. The first-order valence-corrected chi connectivity index (χ1v) is 6.44. The van der Waals surface area contributed by atoms with E-state index in [0.29, 0.717) is 17.0 Å². The van der Waals surface area contributed by atoms with Crippen LogP contribution in [0.4, 0.5) is 5.82 Å². The minimum Gasteiger partial charge on any atom is -0.345 e. The second-order valence-electron chi connectivity index (χ2n) is 4.26. The van der Waals surface area contributed by atoms with Gasteiger partial charge in [0.15, 0.2) is 17.0 Å². The van der Waals surface area contributed by atoms with Gasteiger partial charge in [-0.15, -0.1) is 0 Å². The summed E-state index contributed by atoms with van der Waals surface area (Å²) in [5.41, 5.74) is 2.48. The predicted octanol–water partition coefficient (Wildman–Crippen LogP) is 3.10. The van der Waals surface area contributed by atoms with Crippen LogP contribution < -0.4 is 5.32 Å². The van der Waals surface area contributed by atoms with Gasteiger partial charge in [0.05, 0.1) is 6.33 Å². The van der Waals surface area contributed by atoms with Crippen molar-refractivity contribution in [3.63, 3.8) is 0 Å². The molecule has 0 aliphatic carbocycles. The van der Waals surface area contributed by atoms with Crippen LogP contribution in [0, 0.1) is 0 Å². The van der Waals surface area contributed by atoms with Crippen LogP contribution in [0.3, 0.4) is 0 Å². The SMILES string of the molecule is Cn1cnc2c(NC=Cc3ccccc3)nc(Cl)nc21. The number of fused-ring (bicyclic) bond motifs is 1. The van der Waals surface area contributed by atoms with Gasteiger partial charge in [-0.3, -0.25) is 0 Å². The Morgan fingerprint density at radius 3 is 2.80 bits per heavy atom. The summed E-state index contributed by atoms with van der Waals surface area (Å²) in [6, 6.07) is 9.98. The number of aromatic nitrogens is 4. The lowest BCUT2D eigenvalue weighted by molar-refractivity contribution is 0.928. The fraction of sp³-hybridized carbons (Fsp3) is 0.0714. The molecule has 0 radical (unpaired) electrons. The molecule has 5 nitrogen and oxygen atoms in total. The van der Waals surface area contributed by atoms with E-state index in [9.17, 15) is 0 Å². The largest absolute Gasteiger partial charge is 0.345 e. The van der Waals surface area contributed by atoms with Crippen molar-refractivity contribution in [3.05, 3.63) is 53.7 Å². The molecule has 2 heterocycles. The molecule has 0 saturated heterocycles. The number of halogens is 1. The van der Waals surface area contributed by atoms with Crippen LogP contribution in [0.5, 0.6) is 0 Å². The monoisotopic (exact) mass is 285 g/mol. The zero-order valence-corrected chi connectivity index (χ0v) is 11.5. The van der Waals surface area contributed by atoms with Crippen molar-refractivity contribution in [3.8, 4) is 0 Å². The number of hydrogen-bond donors (Lipinski definition) is 1. The zero-order chi connectivity index (χ0) is 13.9. The van der Waals surface area contributed by atoms with Crippen LogP contribution in [-0.4, -0.2) is 19.5 Å². The topological polar surface area (TPSA) is 55.6 Å². The maximum Gasteiger partial charge on any atom is 0.226 e. The lowest BCUT2D eigenvalue weighted by Crippen LogP contribution is -1.97. The molecule has 100 valence electrons. The molecule has 20 heavy (non-hydrogen) atoms. The summed E-state index contributed by atoms with van der Waals surface area (Å²) in [5.74, 6) is 0.591. The van der Waals surface area contributed by atoms with Gasteiger partial charge in [-0.25, -0.2) is 4.98 Å². The summed E-state index contributed by atoms with van der Waals surface area (Å²) in [5, 5.41) is 3.29. The van der Waals surface area contributed by atoms with Gasteiger partial charge in [0, 0.05) is 13.2 Å². The van der Waals surface area contributed by atoms with Gasteiger partial charge >= 0.3 is 0 Å². The number of anilines is 1. The van der Waals surface area contributed by atoms with Crippen molar-refractivity contribution in [2.45, 2.75) is 0 Å². The number of imidazole rings is 1. The Morgan fingerprint density at radius 2 is 2.00 bits per heavy atom. The number of aryl methyl sites for hydroxylation is 1. The van der Waals surface area contributed by atoms with Gasteiger partial charge in [0.1, 0.15) is 0 Å². The molecule has 0 unspecified atom stereocenters. The number of benzene rings is 1. The van der Waals surface area contributed by atoms with E-state index in [1.165, 1.54) is 0 Å². The minimum absolute atomic E-state index is 0.191. The quantitative estimate of drug-likeness (QED) is 0.751. The number of nitrogens with zero attached hydrogens (tertiary/aromatic N) is 4. The molecule has 0 aliphatic rings. The molecule has 2 aromatic heterocycles. The molecule has 0 saturated carbocycles. The van der Waals surface area contributed by atoms with Crippen molar-refractivity contribution in [2.24, 2.45) is 7.05 Å². The van der Waals surface area contributed by atoms with E-state index in [1.807, 2.05) is 49.7 Å². The Hall–Kier alpha value is -2.40. The number of rotatable bonds is 3. The maximum atomic E-state index is 5.92. The van der Waals surface area contributed by atoms with Gasteiger partial charge in [0.25, 0.3) is 0 Å². The molecule has 0 aliphatic heterocycles. The fourth-order valence-corrected chi connectivity index (χ4v) is 2.03. The van der Waals surface area contributed by atoms with Gasteiger partial charge in [-0.05, 0) is 23.2 Å². The second kappa shape index (κ2) is 5.30. The Labute approximate surface area is 121 Å². The van der Waals surface area contributed by atoms with Crippen molar-refractivity contribution in [2.75, 3.05) is 5.32 Å². The maximum absolute atomic E-state index is 5.92. The summed E-state index contributed by atoms with van der Waals surface area (Å²) in [7, 11) is 1.86. The minimum atomic E-state index is 0.191. The first-order valence-electron chi connectivity index (χ1n) is 6.07. The van der Waals surface area contributed by atoms with E-state index in [1.54, 1.807) is 10.9 Å².